The van der Waals surface area contributed by atoms with Crippen molar-refractivity contribution in [1.29, 1.82) is 0 Å². The molecule has 2 aromatic heterocycles. The standard InChI is InChI=1S/C19H20F3N5/c20-19(21,22)15-10-23-17-16(15)18(25-12-24-17)26-14-6-8-27(9-7-14)11-13-4-2-1-3-5-13/h1-5,10,12,14H,6-9,11H2,(H2,23,24,25,26). The van der Waals surface area contributed by atoms with Crippen LogP contribution in [0.15, 0.2) is 42.9 Å². The number of aromatic amines is 1. The molecule has 1 saturated heterocycles. The van der Waals surface area contributed by atoms with Crippen molar-refractivity contribution in [2.45, 2.75) is 31.6 Å². The van der Waals surface area contributed by atoms with Crippen LogP contribution in [0, 0.1) is 0 Å². The summed E-state index contributed by atoms with van der Waals surface area (Å²) in [6, 6.07) is 10.3. The van der Waals surface area contributed by atoms with Gasteiger partial charge >= 0.3 is 6.18 Å². The molecule has 2 N–H and O–H groups in total. The van der Waals surface area contributed by atoms with E-state index in [4.69, 9.17) is 0 Å². The Hall–Kier alpha value is -2.61. The normalized spacial score (nSPS) is 16.7. The number of alkyl halides is 3. The minimum Gasteiger partial charge on any atom is -0.367 e. The average Bonchev–Trinajstić information content (AvgIpc) is 3.10. The molecule has 3 heterocycles. The van der Waals surface area contributed by atoms with E-state index in [2.05, 4.69) is 37.3 Å². The molecule has 0 saturated carbocycles. The maximum atomic E-state index is 13.3. The van der Waals surface area contributed by atoms with Crippen molar-refractivity contribution >= 4 is 16.9 Å². The van der Waals surface area contributed by atoms with Crippen molar-refractivity contribution < 1.29 is 13.2 Å². The second-order valence-electron chi connectivity index (χ2n) is 6.83. The van der Waals surface area contributed by atoms with Gasteiger partial charge in [0.15, 0.2) is 0 Å². The number of likely N-dealkylation sites (tertiary alicyclic amines) is 1. The van der Waals surface area contributed by atoms with Gasteiger partial charge in [0, 0.05) is 31.9 Å². The number of hydrogen-bond donors (Lipinski definition) is 2. The third-order valence-corrected chi connectivity index (χ3v) is 4.95. The highest BCUT2D eigenvalue weighted by molar-refractivity contribution is 5.90. The van der Waals surface area contributed by atoms with E-state index < -0.39 is 11.7 Å². The van der Waals surface area contributed by atoms with Crippen LogP contribution < -0.4 is 5.32 Å². The smallest absolute Gasteiger partial charge is 0.367 e. The lowest BCUT2D eigenvalue weighted by Crippen LogP contribution is -2.38. The van der Waals surface area contributed by atoms with Crippen LogP contribution in [0.2, 0.25) is 0 Å². The summed E-state index contributed by atoms with van der Waals surface area (Å²) in [6.45, 7) is 2.67. The second-order valence-corrected chi connectivity index (χ2v) is 6.83. The molecular formula is C19H20F3N5. The summed E-state index contributed by atoms with van der Waals surface area (Å²) < 4.78 is 39.8. The van der Waals surface area contributed by atoms with E-state index >= 15 is 0 Å². The fourth-order valence-electron chi connectivity index (χ4n) is 3.57. The number of nitrogens with one attached hydrogen (secondary N) is 2. The Balaban J connectivity index is 1.44. The highest BCUT2D eigenvalue weighted by atomic mass is 19.4. The lowest BCUT2D eigenvalue weighted by atomic mass is 10.0. The Labute approximate surface area is 154 Å². The van der Waals surface area contributed by atoms with Gasteiger partial charge in [-0.05, 0) is 18.4 Å². The number of halogens is 3. The Kier molecular flexibility index (Phi) is 4.73. The zero-order chi connectivity index (χ0) is 18.9. The third kappa shape index (κ3) is 3.90. The molecule has 0 radical (unpaired) electrons. The van der Waals surface area contributed by atoms with E-state index in [1.807, 2.05) is 18.2 Å². The zero-order valence-corrected chi connectivity index (χ0v) is 14.6. The first-order chi connectivity index (χ1) is 13.0. The van der Waals surface area contributed by atoms with Gasteiger partial charge in [-0.2, -0.15) is 13.2 Å². The van der Waals surface area contributed by atoms with Gasteiger partial charge in [0.05, 0.1) is 10.9 Å². The summed E-state index contributed by atoms with van der Waals surface area (Å²) in [6.07, 6.45) is -0.508. The van der Waals surface area contributed by atoms with Gasteiger partial charge in [-0.3, -0.25) is 4.90 Å². The van der Waals surface area contributed by atoms with Gasteiger partial charge in [0.1, 0.15) is 17.8 Å². The second kappa shape index (κ2) is 7.19. The summed E-state index contributed by atoms with van der Waals surface area (Å²) in [5.41, 5.74) is 0.729. The van der Waals surface area contributed by atoms with Crippen LogP contribution in [0.4, 0.5) is 19.0 Å². The van der Waals surface area contributed by atoms with E-state index in [9.17, 15) is 13.2 Å². The van der Waals surface area contributed by atoms with E-state index in [1.54, 1.807) is 0 Å². The molecule has 0 amide bonds. The SMILES string of the molecule is FC(F)(F)c1c[nH]c2ncnc(NC3CCN(Cc4ccccc4)CC3)c12. The maximum absolute atomic E-state index is 13.3. The van der Waals surface area contributed by atoms with Crippen LogP contribution in [0.1, 0.15) is 24.0 Å². The fraction of sp³-hybridized carbons (Fsp3) is 0.368. The van der Waals surface area contributed by atoms with E-state index in [0.717, 1.165) is 38.7 Å². The van der Waals surface area contributed by atoms with Crippen molar-refractivity contribution in [2.24, 2.45) is 0 Å². The van der Waals surface area contributed by atoms with Gasteiger partial charge in [-0.25, -0.2) is 9.97 Å². The van der Waals surface area contributed by atoms with Crippen LogP contribution in [-0.4, -0.2) is 39.0 Å². The van der Waals surface area contributed by atoms with Gasteiger partial charge in [0.25, 0.3) is 0 Å². The molecule has 1 aliphatic heterocycles. The van der Waals surface area contributed by atoms with Crippen LogP contribution in [0.3, 0.4) is 0 Å². The number of piperidine rings is 1. The Morgan fingerprint density at radius 2 is 1.85 bits per heavy atom. The molecule has 0 atom stereocenters. The highest BCUT2D eigenvalue weighted by Gasteiger charge is 2.35. The zero-order valence-electron chi connectivity index (χ0n) is 14.6. The van der Waals surface area contributed by atoms with Crippen LogP contribution in [0.25, 0.3) is 11.0 Å². The number of benzene rings is 1. The highest BCUT2D eigenvalue weighted by Crippen LogP contribution is 2.37. The molecule has 1 fully saturated rings. The van der Waals surface area contributed by atoms with E-state index in [0.29, 0.717) is 0 Å². The first-order valence-corrected chi connectivity index (χ1v) is 8.93. The van der Waals surface area contributed by atoms with Crippen molar-refractivity contribution in [2.75, 3.05) is 18.4 Å². The van der Waals surface area contributed by atoms with Crippen molar-refractivity contribution in [3.8, 4) is 0 Å². The molecule has 142 valence electrons. The topological polar surface area (TPSA) is 56.8 Å². The van der Waals surface area contributed by atoms with E-state index in [-0.39, 0.29) is 22.9 Å². The van der Waals surface area contributed by atoms with Gasteiger partial charge in [0.2, 0.25) is 0 Å². The molecule has 4 rings (SSSR count). The predicted molar refractivity (Wildman–Crippen MR) is 97.3 cm³/mol. The quantitative estimate of drug-likeness (QED) is 0.722. The molecule has 1 aliphatic rings. The van der Waals surface area contributed by atoms with Crippen molar-refractivity contribution in [3.63, 3.8) is 0 Å². The molecule has 8 heteroatoms. The molecule has 0 spiro atoms. The lowest BCUT2D eigenvalue weighted by Gasteiger charge is -2.32. The molecule has 27 heavy (non-hydrogen) atoms. The summed E-state index contributed by atoms with van der Waals surface area (Å²) in [5.74, 6) is 0.245. The minimum atomic E-state index is -4.45. The number of fused-ring (bicyclic) bond motifs is 1. The van der Waals surface area contributed by atoms with Crippen LogP contribution in [0.5, 0.6) is 0 Å². The number of aromatic nitrogens is 3. The first kappa shape index (κ1) is 17.8. The molecule has 0 aliphatic carbocycles. The lowest BCUT2D eigenvalue weighted by molar-refractivity contribution is -0.136. The molecular weight excluding hydrogens is 355 g/mol. The Morgan fingerprint density at radius 3 is 2.56 bits per heavy atom. The number of rotatable bonds is 4. The van der Waals surface area contributed by atoms with Crippen molar-refractivity contribution in [3.05, 3.63) is 54.0 Å². The molecule has 5 nitrogen and oxygen atoms in total. The van der Waals surface area contributed by atoms with Gasteiger partial charge in [-0.15, -0.1) is 0 Å². The molecule has 0 unspecified atom stereocenters. The number of H-pyrrole nitrogens is 1. The molecule has 0 bridgehead atoms. The van der Waals surface area contributed by atoms with Gasteiger partial charge in [-0.1, -0.05) is 30.3 Å². The number of nitrogens with zero attached hydrogens (tertiary/aromatic N) is 3. The molecule has 1 aromatic carbocycles. The van der Waals surface area contributed by atoms with Crippen molar-refractivity contribution in [1.82, 2.24) is 19.9 Å². The maximum Gasteiger partial charge on any atom is 0.418 e. The Morgan fingerprint density at radius 1 is 1.11 bits per heavy atom. The minimum absolute atomic E-state index is 0.0108. The third-order valence-electron chi connectivity index (χ3n) is 4.95. The van der Waals surface area contributed by atoms with Gasteiger partial charge < -0.3 is 10.3 Å². The van der Waals surface area contributed by atoms with Crippen LogP contribution in [-0.2, 0) is 12.7 Å². The first-order valence-electron chi connectivity index (χ1n) is 8.93. The van der Waals surface area contributed by atoms with Crippen LogP contribution >= 0.6 is 0 Å². The summed E-state index contributed by atoms with van der Waals surface area (Å²) in [4.78, 5) is 12.9. The fourth-order valence-corrected chi connectivity index (χ4v) is 3.57. The summed E-state index contributed by atoms with van der Waals surface area (Å²) in [7, 11) is 0. The largest absolute Gasteiger partial charge is 0.418 e. The number of hydrogen-bond acceptors (Lipinski definition) is 4. The van der Waals surface area contributed by atoms with E-state index in [1.165, 1.54) is 11.9 Å². The number of anilines is 1. The summed E-state index contributed by atoms with van der Waals surface area (Å²) >= 11 is 0. The monoisotopic (exact) mass is 375 g/mol. The average molecular weight is 375 g/mol. The molecule has 3 aromatic rings. The predicted octanol–water partition coefficient (Wildman–Crippen LogP) is 4.05. The Bertz CT molecular complexity index is 899. The summed E-state index contributed by atoms with van der Waals surface area (Å²) in [5, 5.41) is 3.22.